The third-order valence-corrected chi connectivity index (χ3v) is 1.64. The maximum Gasteiger partial charge on any atom is 0.310 e. The summed E-state index contributed by atoms with van der Waals surface area (Å²) in [5.41, 5.74) is 0. The quantitative estimate of drug-likeness (QED) is 0.493. The van der Waals surface area contributed by atoms with E-state index in [0.717, 1.165) is 0 Å². The van der Waals surface area contributed by atoms with E-state index >= 15 is 0 Å². The van der Waals surface area contributed by atoms with Gasteiger partial charge < -0.3 is 4.74 Å². The van der Waals surface area contributed by atoms with Gasteiger partial charge in [0.1, 0.15) is 0 Å². The maximum absolute atomic E-state index is 10.6. The van der Waals surface area contributed by atoms with Gasteiger partial charge in [0, 0.05) is 0 Å². The van der Waals surface area contributed by atoms with Crippen LogP contribution in [0.4, 0.5) is 0 Å². The molecule has 10 heavy (non-hydrogen) atoms. The number of hydrogen-bond donors (Lipinski definition) is 0. The summed E-state index contributed by atoms with van der Waals surface area (Å²) >= 11 is 0. The highest BCUT2D eigenvalue weighted by atomic mass is 35.5. The van der Waals surface area contributed by atoms with Crippen LogP contribution in [0.25, 0.3) is 0 Å². The molecule has 0 saturated heterocycles. The van der Waals surface area contributed by atoms with Crippen LogP contribution in [0, 0.1) is 0 Å². The average molecular weight is 185 g/mol. The van der Waals surface area contributed by atoms with Crippen molar-refractivity contribution in [3.8, 4) is 0 Å². The Bertz CT molecular complexity index is 95.7. The van der Waals surface area contributed by atoms with Crippen LogP contribution in [-0.2, 0) is 9.53 Å². The summed E-state index contributed by atoms with van der Waals surface area (Å²) in [5.74, 6) is -0.0615. The van der Waals surface area contributed by atoms with Crippen LogP contribution in [0.1, 0.15) is 6.92 Å². The first-order chi connectivity index (χ1) is 4.16. The molecule has 0 aliphatic heterocycles. The second-order valence-electron chi connectivity index (χ2n) is 2.04. The number of hydrogen-bond acceptors (Lipinski definition) is 2. The zero-order valence-corrected chi connectivity index (χ0v) is 8.30. The topological polar surface area (TPSA) is 26.3 Å². The summed E-state index contributed by atoms with van der Waals surface area (Å²) in [7, 11) is -0.126. The van der Waals surface area contributed by atoms with Crippen molar-refractivity contribution in [2.75, 3.05) is 26.1 Å². The normalized spacial score (nSPS) is 8.80. The summed E-state index contributed by atoms with van der Waals surface area (Å²) in [5, 5.41) is 0. The first kappa shape index (κ1) is 12.8. The molecule has 0 bridgehead atoms. The molecule has 4 heteroatoms. The predicted octanol–water partition coefficient (Wildman–Crippen LogP) is 1.71. The number of ether oxygens (including phenoxy) is 1. The monoisotopic (exact) mass is 184 g/mol. The van der Waals surface area contributed by atoms with Crippen LogP contribution in [0.15, 0.2) is 0 Å². The van der Waals surface area contributed by atoms with E-state index in [9.17, 15) is 4.79 Å². The summed E-state index contributed by atoms with van der Waals surface area (Å²) in [6, 6.07) is 0. The van der Waals surface area contributed by atoms with Crippen molar-refractivity contribution in [3.05, 3.63) is 0 Å². The van der Waals surface area contributed by atoms with Gasteiger partial charge in [0.25, 0.3) is 0 Å². The lowest BCUT2D eigenvalue weighted by atomic mass is 10.8. The molecular formula is C6H14ClO2P. The largest absolute Gasteiger partial charge is 0.466 e. The SMILES string of the molecule is CCOC(=O)CP(C)C.Cl. The molecule has 0 atom stereocenters. The van der Waals surface area contributed by atoms with Crippen molar-refractivity contribution in [2.45, 2.75) is 6.92 Å². The molecule has 62 valence electrons. The van der Waals surface area contributed by atoms with Crippen LogP contribution in [0.5, 0.6) is 0 Å². The number of carbonyl (C=O) groups is 1. The third kappa shape index (κ3) is 8.19. The summed E-state index contributed by atoms with van der Waals surface area (Å²) in [4.78, 5) is 10.6. The minimum atomic E-state index is -0.126. The second-order valence-corrected chi connectivity index (χ2v) is 4.52. The molecule has 0 aromatic heterocycles. The molecule has 0 heterocycles. The van der Waals surface area contributed by atoms with Crippen molar-refractivity contribution >= 4 is 26.3 Å². The van der Waals surface area contributed by atoms with Crippen LogP contribution in [0.2, 0.25) is 0 Å². The van der Waals surface area contributed by atoms with Crippen molar-refractivity contribution < 1.29 is 9.53 Å². The molecule has 0 saturated carbocycles. The molecule has 0 fully saturated rings. The third-order valence-electron chi connectivity index (χ3n) is 0.751. The average Bonchev–Trinajstić information content (AvgIpc) is 1.63. The molecular weight excluding hydrogens is 170 g/mol. The Balaban J connectivity index is 0. The lowest BCUT2D eigenvalue weighted by Gasteiger charge is -2.03. The Hall–Kier alpha value is 0.190. The second kappa shape index (κ2) is 7.30. The van der Waals surface area contributed by atoms with E-state index in [1.807, 2.05) is 6.92 Å². The first-order valence-electron chi connectivity index (χ1n) is 2.97. The fourth-order valence-corrected chi connectivity index (χ4v) is 1.07. The van der Waals surface area contributed by atoms with Crippen LogP contribution in [-0.4, -0.2) is 32.1 Å². The summed E-state index contributed by atoms with van der Waals surface area (Å²) in [6.07, 6.45) is 0.600. The smallest absolute Gasteiger partial charge is 0.310 e. The molecule has 0 aromatic carbocycles. The van der Waals surface area contributed by atoms with Crippen molar-refractivity contribution in [2.24, 2.45) is 0 Å². The van der Waals surface area contributed by atoms with E-state index in [1.54, 1.807) is 0 Å². The molecule has 0 aliphatic carbocycles. The fraction of sp³-hybridized carbons (Fsp3) is 0.833. The summed E-state index contributed by atoms with van der Waals surface area (Å²) < 4.78 is 4.73. The van der Waals surface area contributed by atoms with E-state index in [0.29, 0.717) is 12.8 Å². The molecule has 2 nitrogen and oxygen atoms in total. The van der Waals surface area contributed by atoms with Crippen LogP contribution < -0.4 is 0 Å². The Kier molecular flexibility index (Phi) is 9.36. The highest BCUT2D eigenvalue weighted by Gasteiger charge is 2.02. The molecule has 0 radical (unpaired) electrons. The Morgan fingerprint density at radius 1 is 1.50 bits per heavy atom. The first-order valence-corrected chi connectivity index (χ1v) is 5.39. The van der Waals surface area contributed by atoms with Gasteiger partial charge in [-0.1, -0.05) is 0 Å². The fourth-order valence-electron chi connectivity index (χ4n) is 0.465. The number of halogens is 1. The zero-order chi connectivity index (χ0) is 7.28. The van der Waals surface area contributed by atoms with Gasteiger partial charge in [-0.05, 0) is 20.3 Å². The van der Waals surface area contributed by atoms with E-state index < -0.39 is 0 Å². The number of rotatable bonds is 3. The highest BCUT2D eigenvalue weighted by Crippen LogP contribution is 2.23. The minimum Gasteiger partial charge on any atom is -0.466 e. The van der Waals surface area contributed by atoms with Crippen molar-refractivity contribution in [1.82, 2.24) is 0 Å². The number of esters is 1. The van der Waals surface area contributed by atoms with Gasteiger partial charge in [0.05, 0.1) is 12.8 Å². The molecule has 0 aromatic rings. The van der Waals surface area contributed by atoms with Gasteiger partial charge in [-0.3, -0.25) is 4.79 Å². The zero-order valence-electron chi connectivity index (χ0n) is 6.59. The van der Waals surface area contributed by atoms with Gasteiger partial charge in [-0.2, -0.15) is 0 Å². The molecule has 0 N–H and O–H groups in total. The predicted molar refractivity (Wildman–Crippen MR) is 47.5 cm³/mol. The van der Waals surface area contributed by atoms with Crippen LogP contribution >= 0.6 is 20.3 Å². The van der Waals surface area contributed by atoms with Gasteiger partial charge in [0.2, 0.25) is 0 Å². The molecule has 0 rings (SSSR count). The standard InChI is InChI=1S/C6H13O2P.ClH/c1-4-8-6(7)5-9(2)3;/h4-5H2,1-3H3;1H. The molecule has 0 spiro atoms. The number of carbonyl (C=O) groups excluding carboxylic acids is 1. The van der Waals surface area contributed by atoms with Crippen LogP contribution in [0.3, 0.4) is 0 Å². The Labute approximate surface area is 69.5 Å². The maximum atomic E-state index is 10.6. The highest BCUT2D eigenvalue weighted by molar-refractivity contribution is 7.56. The van der Waals surface area contributed by atoms with Crippen molar-refractivity contribution in [1.29, 1.82) is 0 Å². The molecule has 0 aliphatic rings. The molecule has 0 amide bonds. The Morgan fingerprint density at radius 3 is 2.30 bits per heavy atom. The van der Waals surface area contributed by atoms with Gasteiger partial charge in [0.15, 0.2) is 0 Å². The van der Waals surface area contributed by atoms with E-state index in [-0.39, 0.29) is 26.3 Å². The van der Waals surface area contributed by atoms with Crippen molar-refractivity contribution in [3.63, 3.8) is 0 Å². The Morgan fingerprint density at radius 2 is 2.00 bits per heavy atom. The lowest BCUT2D eigenvalue weighted by Crippen LogP contribution is -2.07. The van der Waals surface area contributed by atoms with Gasteiger partial charge in [-0.25, -0.2) is 0 Å². The van der Waals surface area contributed by atoms with E-state index in [1.165, 1.54) is 0 Å². The minimum absolute atomic E-state index is 0. The van der Waals surface area contributed by atoms with Gasteiger partial charge in [-0.15, -0.1) is 20.3 Å². The van der Waals surface area contributed by atoms with Gasteiger partial charge >= 0.3 is 5.97 Å². The summed E-state index contributed by atoms with van der Waals surface area (Å²) in [6.45, 7) is 6.45. The lowest BCUT2D eigenvalue weighted by molar-refractivity contribution is -0.139. The molecule has 0 unspecified atom stereocenters. The van der Waals surface area contributed by atoms with E-state index in [2.05, 4.69) is 13.3 Å². The van der Waals surface area contributed by atoms with E-state index in [4.69, 9.17) is 4.74 Å².